The summed E-state index contributed by atoms with van der Waals surface area (Å²) in [5, 5.41) is 5.89. The van der Waals surface area contributed by atoms with Crippen LogP contribution < -0.4 is 10.6 Å². The number of rotatable bonds is 6. The van der Waals surface area contributed by atoms with Gasteiger partial charge in [-0.2, -0.15) is 0 Å². The third-order valence-corrected chi connectivity index (χ3v) is 2.29. The average molecular weight is 236 g/mol. The molecule has 1 heterocycles. The van der Waals surface area contributed by atoms with E-state index in [1.54, 1.807) is 0 Å². The minimum absolute atomic E-state index is 0.0569. The molecule has 0 aliphatic rings. The van der Waals surface area contributed by atoms with Crippen LogP contribution in [-0.2, 0) is 11.2 Å². The van der Waals surface area contributed by atoms with Crippen molar-refractivity contribution in [3.8, 4) is 0 Å². The molecule has 1 amide bonds. The van der Waals surface area contributed by atoms with Gasteiger partial charge in [0.05, 0.1) is 0 Å². The molecule has 5 nitrogen and oxygen atoms in total. The number of aromatic nitrogens is 2. The highest BCUT2D eigenvalue weighted by Crippen LogP contribution is 2.06. The molecule has 0 bridgehead atoms. The van der Waals surface area contributed by atoms with Gasteiger partial charge in [-0.05, 0) is 20.3 Å². The number of hydrogen-bond acceptors (Lipinski definition) is 4. The smallest absolute Gasteiger partial charge is 0.221 e. The SMILES string of the molecule is CCNC(=O)CCNc1cc(CC)nc(C)n1. The zero-order valence-corrected chi connectivity index (χ0v) is 10.7. The molecule has 1 rings (SSSR count). The average Bonchev–Trinajstić information content (AvgIpc) is 2.28. The van der Waals surface area contributed by atoms with Crippen molar-refractivity contribution in [3.05, 3.63) is 17.6 Å². The van der Waals surface area contributed by atoms with Crippen LogP contribution in [-0.4, -0.2) is 29.0 Å². The molecule has 0 atom stereocenters. The van der Waals surface area contributed by atoms with Crippen LogP contribution in [0.25, 0.3) is 0 Å². The van der Waals surface area contributed by atoms with Crippen molar-refractivity contribution in [3.63, 3.8) is 0 Å². The fourth-order valence-electron chi connectivity index (χ4n) is 1.49. The second-order valence-electron chi connectivity index (χ2n) is 3.78. The summed E-state index contributed by atoms with van der Waals surface area (Å²) in [5.41, 5.74) is 1.01. The number of nitrogens with zero attached hydrogens (tertiary/aromatic N) is 2. The molecule has 0 fully saturated rings. The predicted molar refractivity (Wildman–Crippen MR) is 67.9 cm³/mol. The van der Waals surface area contributed by atoms with Gasteiger partial charge >= 0.3 is 0 Å². The van der Waals surface area contributed by atoms with Gasteiger partial charge in [-0.1, -0.05) is 6.92 Å². The first-order chi connectivity index (χ1) is 8.15. The van der Waals surface area contributed by atoms with Gasteiger partial charge in [0.25, 0.3) is 0 Å². The van der Waals surface area contributed by atoms with Crippen molar-refractivity contribution >= 4 is 11.7 Å². The van der Waals surface area contributed by atoms with Crippen LogP contribution in [0.4, 0.5) is 5.82 Å². The topological polar surface area (TPSA) is 66.9 Å². The minimum Gasteiger partial charge on any atom is -0.369 e. The van der Waals surface area contributed by atoms with E-state index in [0.717, 1.165) is 23.8 Å². The molecular weight excluding hydrogens is 216 g/mol. The van der Waals surface area contributed by atoms with E-state index in [1.165, 1.54) is 0 Å². The van der Waals surface area contributed by atoms with Crippen LogP contribution >= 0.6 is 0 Å². The highest BCUT2D eigenvalue weighted by Gasteiger charge is 2.02. The van der Waals surface area contributed by atoms with Gasteiger partial charge in [0.15, 0.2) is 0 Å². The predicted octanol–water partition coefficient (Wildman–Crippen LogP) is 1.29. The molecule has 17 heavy (non-hydrogen) atoms. The molecule has 0 saturated heterocycles. The van der Waals surface area contributed by atoms with E-state index in [0.29, 0.717) is 19.5 Å². The maximum Gasteiger partial charge on any atom is 0.221 e. The number of aryl methyl sites for hydroxylation is 2. The van der Waals surface area contributed by atoms with E-state index in [-0.39, 0.29) is 5.91 Å². The lowest BCUT2D eigenvalue weighted by Gasteiger charge is -2.07. The van der Waals surface area contributed by atoms with E-state index < -0.39 is 0 Å². The third-order valence-electron chi connectivity index (χ3n) is 2.29. The Morgan fingerprint density at radius 1 is 1.35 bits per heavy atom. The maximum absolute atomic E-state index is 11.2. The fraction of sp³-hybridized carbons (Fsp3) is 0.583. The Labute approximate surface area is 102 Å². The van der Waals surface area contributed by atoms with Crippen molar-refractivity contribution in [2.45, 2.75) is 33.6 Å². The Bertz CT molecular complexity index is 379. The summed E-state index contributed by atoms with van der Waals surface area (Å²) in [6, 6.07) is 1.92. The fourth-order valence-corrected chi connectivity index (χ4v) is 1.49. The van der Waals surface area contributed by atoms with Crippen molar-refractivity contribution in [2.24, 2.45) is 0 Å². The molecule has 0 saturated carbocycles. The van der Waals surface area contributed by atoms with Crippen LogP contribution in [0.5, 0.6) is 0 Å². The first kappa shape index (κ1) is 13.4. The van der Waals surface area contributed by atoms with Crippen molar-refractivity contribution < 1.29 is 4.79 Å². The van der Waals surface area contributed by atoms with E-state index in [4.69, 9.17) is 0 Å². The van der Waals surface area contributed by atoms with E-state index in [2.05, 4.69) is 27.5 Å². The van der Waals surface area contributed by atoms with Crippen molar-refractivity contribution in [2.75, 3.05) is 18.4 Å². The molecule has 1 aromatic heterocycles. The van der Waals surface area contributed by atoms with Gasteiger partial charge in [0.1, 0.15) is 11.6 Å². The molecular formula is C12H20N4O. The van der Waals surface area contributed by atoms with Crippen LogP contribution in [0.3, 0.4) is 0 Å². The number of nitrogens with one attached hydrogen (secondary N) is 2. The Balaban J connectivity index is 2.46. The second kappa shape index (κ2) is 6.83. The zero-order valence-electron chi connectivity index (χ0n) is 10.7. The molecule has 0 aliphatic heterocycles. The van der Waals surface area contributed by atoms with Gasteiger partial charge in [-0.25, -0.2) is 9.97 Å². The number of carbonyl (C=O) groups is 1. The largest absolute Gasteiger partial charge is 0.369 e. The Kier molecular flexibility index (Phi) is 5.39. The first-order valence-corrected chi connectivity index (χ1v) is 6.00. The zero-order chi connectivity index (χ0) is 12.7. The van der Waals surface area contributed by atoms with Crippen LogP contribution in [0.15, 0.2) is 6.07 Å². The third kappa shape index (κ3) is 4.80. The lowest BCUT2D eigenvalue weighted by atomic mass is 10.3. The number of carbonyl (C=O) groups excluding carboxylic acids is 1. The normalized spacial score (nSPS) is 10.1. The standard InChI is InChI=1S/C12H20N4O/c1-4-10-8-11(16-9(3)15-10)14-7-6-12(17)13-5-2/h8H,4-7H2,1-3H3,(H,13,17)(H,14,15,16). The molecule has 94 valence electrons. The van der Waals surface area contributed by atoms with Gasteiger partial charge < -0.3 is 10.6 Å². The molecule has 0 radical (unpaired) electrons. The van der Waals surface area contributed by atoms with E-state index in [9.17, 15) is 4.79 Å². The Hall–Kier alpha value is -1.65. The van der Waals surface area contributed by atoms with Crippen LogP contribution in [0.2, 0.25) is 0 Å². The van der Waals surface area contributed by atoms with Crippen molar-refractivity contribution in [1.82, 2.24) is 15.3 Å². The van der Waals surface area contributed by atoms with Gasteiger partial charge in [-0.15, -0.1) is 0 Å². The summed E-state index contributed by atoms with van der Waals surface area (Å²) in [7, 11) is 0. The molecule has 0 aliphatic carbocycles. The molecule has 5 heteroatoms. The summed E-state index contributed by atoms with van der Waals surface area (Å²) < 4.78 is 0. The molecule has 1 aromatic rings. The Morgan fingerprint density at radius 2 is 2.12 bits per heavy atom. The second-order valence-corrected chi connectivity index (χ2v) is 3.78. The summed E-state index contributed by atoms with van der Waals surface area (Å²) in [6.07, 6.45) is 1.34. The quantitative estimate of drug-likeness (QED) is 0.781. The monoisotopic (exact) mass is 236 g/mol. The highest BCUT2D eigenvalue weighted by molar-refractivity contribution is 5.76. The number of hydrogen-bond donors (Lipinski definition) is 2. The molecule has 0 unspecified atom stereocenters. The summed E-state index contributed by atoms with van der Waals surface area (Å²) in [6.45, 7) is 7.10. The first-order valence-electron chi connectivity index (χ1n) is 6.00. The number of amides is 1. The molecule has 2 N–H and O–H groups in total. The summed E-state index contributed by atoms with van der Waals surface area (Å²) in [4.78, 5) is 19.8. The number of anilines is 1. The molecule has 0 spiro atoms. The van der Waals surface area contributed by atoms with E-state index >= 15 is 0 Å². The lowest BCUT2D eigenvalue weighted by molar-refractivity contribution is -0.120. The van der Waals surface area contributed by atoms with Gasteiger partial charge in [0.2, 0.25) is 5.91 Å². The van der Waals surface area contributed by atoms with Crippen LogP contribution in [0, 0.1) is 6.92 Å². The minimum atomic E-state index is 0.0569. The van der Waals surface area contributed by atoms with Crippen molar-refractivity contribution in [1.29, 1.82) is 0 Å². The highest BCUT2D eigenvalue weighted by atomic mass is 16.1. The maximum atomic E-state index is 11.2. The van der Waals surface area contributed by atoms with Crippen LogP contribution in [0.1, 0.15) is 31.8 Å². The Morgan fingerprint density at radius 3 is 2.76 bits per heavy atom. The molecule has 0 aromatic carbocycles. The lowest BCUT2D eigenvalue weighted by Crippen LogP contribution is -2.24. The summed E-state index contributed by atoms with van der Waals surface area (Å²) in [5.74, 6) is 1.60. The van der Waals surface area contributed by atoms with Gasteiger partial charge in [0, 0.05) is 31.3 Å². The summed E-state index contributed by atoms with van der Waals surface area (Å²) >= 11 is 0. The van der Waals surface area contributed by atoms with Gasteiger partial charge in [-0.3, -0.25) is 4.79 Å². The van der Waals surface area contributed by atoms with E-state index in [1.807, 2.05) is 19.9 Å².